The smallest absolute Gasteiger partial charge is 0.310 e. The van der Waals surface area contributed by atoms with E-state index in [1.54, 1.807) is 18.0 Å². The highest BCUT2D eigenvalue weighted by molar-refractivity contribution is 7.90. The Morgan fingerprint density at radius 3 is 2.40 bits per heavy atom. The second-order valence-corrected chi connectivity index (χ2v) is 13.1. The third-order valence-electron chi connectivity index (χ3n) is 7.80. The average Bonchev–Trinajstić information content (AvgIpc) is 3.01. The van der Waals surface area contributed by atoms with E-state index in [-0.39, 0.29) is 38.8 Å². The number of hydrogen-bond acceptors (Lipinski definition) is 9. The Kier molecular flexibility index (Phi) is 9.07. The molecule has 13 heteroatoms. The van der Waals surface area contributed by atoms with Crippen LogP contribution in [0.5, 0.6) is 0 Å². The molecule has 0 spiro atoms. The van der Waals surface area contributed by atoms with Crippen LogP contribution in [0.1, 0.15) is 30.1 Å². The van der Waals surface area contributed by atoms with Crippen LogP contribution in [-0.4, -0.2) is 87.1 Å². The van der Waals surface area contributed by atoms with Gasteiger partial charge in [-0.2, -0.15) is 9.78 Å². The number of esters is 1. The number of ether oxygens (including phenoxy) is 1. The molecule has 5 rings (SSSR count). The van der Waals surface area contributed by atoms with Crippen molar-refractivity contribution < 1.29 is 22.7 Å². The highest BCUT2D eigenvalue weighted by Gasteiger charge is 2.33. The molecule has 11 nitrogen and oxygen atoms in total. The van der Waals surface area contributed by atoms with Gasteiger partial charge in [-0.15, -0.1) is 0 Å². The van der Waals surface area contributed by atoms with Crippen molar-refractivity contribution in [3.8, 4) is 5.69 Å². The maximum atomic E-state index is 14.0. The van der Waals surface area contributed by atoms with Crippen molar-refractivity contribution in [1.29, 1.82) is 0 Å². The molecule has 0 N–H and O–H groups in total. The summed E-state index contributed by atoms with van der Waals surface area (Å²) in [7, 11) is -3.46. The molecule has 1 unspecified atom stereocenters. The Hall–Kier alpha value is -3.90. The quantitative estimate of drug-likeness (QED) is 0.364. The molecule has 2 aromatic carbocycles. The highest BCUT2D eigenvalue weighted by atomic mass is 35.5. The van der Waals surface area contributed by atoms with E-state index < -0.39 is 9.84 Å². The largest absolute Gasteiger partial charge is 0.466 e. The van der Waals surface area contributed by atoms with Gasteiger partial charge in [0.25, 0.3) is 11.5 Å². The third-order valence-corrected chi connectivity index (χ3v) is 9.22. The summed E-state index contributed by atoms with van der Waals surface area (Å²) in [6.45, 7) is 4.63. The fraction of sp³-hybridized carbons (Fsp3) is 0.400. The van der Waals surface area contributed by atoms with Gasteiger partial charge in [-0.25, -0.2) is 8.42 Å². The average molecular weight is 628 g/mol. The monoisotopic (exact) mass is 627 g/mol. The highest BCUT2D eigenvalue weighted by Crippen LogP contribution is 2.31. The third kappa shape index (κ3) is 6.54. The Bertz CT molecular complexity index is 1670. The van der Waals surface area contributed by atoms with Crippen LogP contribution in [-0.2, 0) is 19.4 Å². The van der Waals surface area contributed by atoms with Gasteiger partial charge in [-0.1, -0.05) is 29.8 Å². The van der Waals surface area contributed by atoms with Crippen LogP contribution in [0, 0.1) is 5.92 Å². The van der Waals surface area contributed by atoms with Crippen LogP contribution < -0.4 is 15.4 Å². The van der Waals surface area contributed by atoms with Crippen molar-refractivity contribution in [1.82, 2.24) is 14.7 Å². The maximum Gasteiger partial charge on any atom is 0.310 e. The molecule has 0 bridgehead atoms. The molecule has 228 valence electrons. The minimum absolute atomic E-state index is 0.0482. The first-order valence-electron chi connectivity index (χ1n) is 14.2. The van der Waals surface area contributed by atoms with Crippen LogP contribution in [0.4, 0.5) is 11.4 Å². The van der Waals surface area contributed by atoms with E-state index in [2.05, 4.69) is 5.10 Å². The number of aromatic nitrogens is 2. The lowest BCUT2D eigenvalue weighted by atomic mass is 9.97. The van der Waals surface area contributed by atoms with Crippen LogP contribution in [0.25, 0.3) is 5.69 Å². The summed E-state index contributed by atoms with van der Waals surface area (Å²) in [4.78, 5) is 45.6. The van der Waals surface area contributed by atoms with E-state index in [0.717, 1.165) is 12.7 Å². The number of piperidine rings is 1. The predicted octanol–water partition coefficient (Wildman–Crippen LogP) is 3.03. The number of benzene rings is 2. The first-order valence-corrected chi connectivity index (χ1v) is 16.5. The zero-order chi connectivity index (χ0) is 30.7. The van der Waals surface area contributed by atoms with Crippen LogP contribution in [0.15, 0.2) is 64.4 Å². The molecule has 1 atom stereocenters. The zero-order valence-corrected chi connectivity index (χ0v) is 25.7. The van der Waals surface area contributed by atoms with Crippen molar-refractivity contribution >= 4 is 44.7 Å². The van der Waals surface area contributed by atoms with Crippen LogP contribution in [0.2, 0.25) is 5.02 Å². The summed E-state index contributed by atoms with van der Waals surface area (Å²) in [6, 6.07) is 13.3. The first kappa shape index (κ1) is 30.6. The molecule has 2 fully saturated rings. The fourth-order valence-corrected chi connectivity index (χ4v) is 6.54. The molecule has 3 heterocycles. The van der Waals surface area contributed by atoms with Gasteiger partial charge in [0.05, 0.1) is 45.6 Å². The lowest BCUT2D eigenvalue weighted by Crippen LogP contribution is -2.50. The van der Waals surface area contributed by atoms with Gasteiger partial charge < -0.3 is 19.4 Å². The van der Waals surface area contributed by atoms with Crippen LogP contribution in [0.3, 0.4) is 0 Å². The minimum Gasteiger partial charge on any atom is -0.466 e. The Morgan fingerprint density at radius 1 is 1.02 bits per heavy atom. The molecule has 0 saturated carbocycles. The lowest BCUT2D eigenvalue weighted by Gasteiger charge is -2.39. The minimum atomic E-state index is -3.46. The summed E-state index contributed by atoms with van der Waals surface area (Å²) in [6.07, 6.45) is 4.19. The van der Waals surface area contributed by atoms with Crippen molar-refractivity contribution in [2.75, 3.05) is 61.9 Å². The van der Waals surface area contributed by atoms with Gasteiger partial charge in [0, 0.05) is 45.5 Å². The molecule has 0 radical (unpaired) electrons. The molecular formula is C30H34ClN5O6S. The van der Waals surface area contributed by atoms with Gasteiger partial charge in [0.1, 0.15) is 5.69 Å². The molecule has 43 heavy (non-hydrogen) atoms. The fourth-order valence-electron chi connectivity index (χ4n) is 5.57. The Balaban J connectivity index is 1.41. The second-order valence-electron chi connectivity index (χ2n) is 10.7. The van der Waals surface area contributed by atoms with Crippen molar-refractivity contribution in [3.05, 3.63) is 75.7 Å². The molecule has 0 aliphatic carbocycles. The van der Waals surface area contributed by atoms with Crippen LogP contribution >= 0.6 is 11.6 Å². The number of halogens is 1. The van der Waals surface area contributed by atoms with E-state index in [9.17, 15) is 22.8 Å². The zero-order valence-electron chi connectivity index (χ0n) is 24.1. The number of carbonyl (C=O) groups is 2. The van der Waals surface area contributed by atoms with Crippen molar-refractivity contribution in [2.45, 2.75) is 24.7 Å². The number of amides is 1. The summed E-state index contributed by atoms with van der Waals surface area (Å²) in [5, 5.41) is 4.58. The number of sulfone groups is 1. The van der Waals surface area contributed by atoms with E-state index in [1.807, 2.05) is 40.1 Å². The number of piperazine rings is 1. The van der Waals surface area contributed by atoms with E-state index in [0.29, 0.717) is 69.4 Å². The van der Waals surface area contributed by atoms with E-state index >= 15 is 0 Å². The van der Waals surface area contributed by atoms with Gasteiger partial charge >= 0.3 is 5.97 Å². The molecule has 2 aliphatic rings. The number of rotatable bonds is 7. The van der Waals surface area contributed by atoms with E-state index in [4.69, 9.17) is 16.3 Å². The molecule has 1 amide bonds. The molecule has 3 aromatic rings. The van der Waals surface area contributed by atoms with Gasteiger partial charge in [-0.3, -0.25) is 14.4 Å². The maximum absolute atomic E-state index is 14.0. The molecule has 2 aliphatic heterocycles. The lowest BCUT2D eigenvalue weighted by molar-refractivity contribution is -0.148. The van der Waals surface area contributed by atoms with Crippen molar-refractivity contribution in [3.63, 3.8) is 0 Å². The predicted molar refractivity (Wildman–Crippen MR) is 164 cm³/mol. The first-order chi connectivity index (χ1) is 20.6. The van der Waals surface area contributed by atoms with Gasteiger partial charge in [0.2, 0.25) is 0 Å². The van der Waals surface area contributed by atoms with E-state index in [1.165, 1.54) is 22.9 Å². The number of carbonyl (C=O) groups excluding carboxylic acids is 2. The number of hydrogen-bond donors (Lipinski definition) is 0. The second kappa shape index (κ2) is 12.8. The Labute approximate surface area is 255 Å². The summed E-state index contributed by atoms with van der Waals surface area (Å²) < 4.78 is 30.4. The summed E-state index contributed by atoms with van der Waals surface area (Å²) in [5.41, 5.74) is 1.68. The van der Waals surface area contributed by atoms with Gasteiger partial charge in [0.15, 0.2) is 9.84 Å². The molecular weight excluding hydrogens is 594 g/mol. The van der Waals surface area contributed by atoms with Gasteiger partial charge in [-0.05, 0) is 50.1 Å². The van der Waals surface area contributed by atoms with Crippen molar-refractivity contribution in [2.24, 2.45) is 5.92 Å². The summed E-state index contributed by atoms with van der Waals surface area (Å²) in [5.74, 6) is -0.898. The summed E-state index contributed by atoms with van der Waals surface area (Å²) >= 11 is 6.31. The normalized spacial score (nSPS) is 17.6. The number of para-hydroxylation sites is 1. The SMILES string of the molecule is CCOC(=O)C1CCCN(c2c(N3CCN(C(=O)c4ccc(S(C)(=O)=O)cc4Cl)CC3)cnn(-c3ccccc3)c2=O)C1. The molecule has 2 saturated heterocycles. The number of nitrogens with zero attached hydrogens (tertiary/aromatic N) is 5. The standard InChI is InChI=1S/C30H34ClN5O6S/c1-3-42-30(39)21-8-7-13-35(20-21)27-26(19-32-36(29(27)38)22-9-5-4-6-10-22)33-14-16-34(17-15-33)28(37)24-12-11-23(18-25(24)31)43(2,40)41/h4-6,9-12,18-19,21H,3,7-8,13-17,20H2,1-2H3. The number of anilines is 2. The molecule has 1 aromatic heterocycles. The topological polar surface area (TPSA) is 122 Å². The Morgan fingerprint density at radius 2 is 1.74 bits per heavy atom.